The number of rotatable bonds is 14. The summed E-state index contributed by atoms with van der Waals surface area (Å²) in [6.45, 7) is 0. The van der Waals surface area contributed by atoms with Crippen LogP contribution in [0.1, 0.15) is 44.5 Å². The molecule has 0 atom stereocenters. The molecule has 2 heteroatoms. The van der Waals surface area contributed by atoms with Crippen molar-refractivity contribution in [2.75, 3.05) is 9.80 Å². The molecule has 0 saturated carbocycles. The number of benzene rings is 12. The van der Waals surface area contributed by atoms with Crippen molar-refractivity contribution in [3.05, 3.63) is 324 Å². The topological polar surface area (TPSA) is 6.48 Å². The van der Waals surface area contributed by atoms with Gasteiger partial charge in [-0.25, -0.2) is 0 Å². The van der Waals surface area contributed by atoms with E-state index in [9.17, 15) is 0 Å². The van der Waals surface area contributed by atoms with E-state index < -0.39 is 0 Å². The molecular formula is C74H54N2. The maximum Gasteiger partial charge on any atom is 0.0620 e. The second kappa shape index (κ2) is 22.0. The smallest absolute Gasteiger partial charge is 0.0620 e. The Labute approximate surface area is 446 Å². The third-order valence-corrected chi connectivity index (χ3v) is 14.0. The minimum atomic E-state index is 1.06. The summed E-state index contributed by atoms with van der Waals surface area (Å²) >= 11 is 0. The molecule has 0 saturated heterocycles. The molecule has 360 valence electrons. The van der Waals surface area contributed by atoms with Crippen LogP contribution >= 0.6 is 0 Å². The van der Waals surface area contributed by atoms with E-state index in [1.807, 2.05) is 0 Å². The molecule has 0 bridgehead atoms. The van der Waals surface area contributed by atoms with E-state index in [-0.39, 0.29) is 0 Å². The van der Waals surface area contributed by atoms with E-state index in [1.54, 1.807) is 0 Å². The van der Waals surface area contributed by atoms with E-state index >= 15 is 0 Å². The molecule has 0 N–H and O–H groups in total. The lowest BCUT2D eigenvalue weighted by atomic mass is 9.93. The zero-order valence-electron chi connectivity index (χ0n) is 42.1. The Morgan fingerprint density at radius 2 is 0.395 bits per heavy atom. The number of fused-ring (bicyclic) bond motifs is 3. The molecule has 0 fully saturated rings. The molecule has 0 heterocycles. The van der Waals surface area contributed by atoms with Crippen molar-refractivity contribution in [2.45, 2.75) is 0 Å². The highest BCUT2D eigenvalue weighted by Crippen LogP contribution is 2.52. The van der Waals surface area contributed by atoms with E-state index in [4.69, 9.17) is 0 Å². The van der Waals surface area contributed by atoms with Crippen molar-refractivity contribution in [2.24, 2.45) is 0 Å². The van der Waals surface area contributed by atoms with Gasteiger partial charge in [0.1, 0.15) is 0 Å². The van der Waals surface area contributed by atoms with Crippen LogP contribution < -0.4 is 9.80 Å². The largest absolute Gasteiger partial charge is 0.309 e. The van der Waals surface area contributed by atoms with Crippen molar-refractivity contribution < 1.29 is 0 Å². The number of anilines is 6. The molecule has 0 radical (unpaired) electrons. The van der Waals surface area contributed by atoms with Crippen LogP contribution in [0.2, 0.25) is 0 Å². The molecule has 0 unspecified atom stereocenters. The van der Waals surface area contributed by atoms with Crippen molar-refractivity contribution in [1.82, 2.24) is 0 Å². The summed E-state index contributed by atoms with van der Waals surface area (Å²) in [6.07, 6.45) is 17.5. The Balaban J connectivity index is 1.06. The summed E-state index contributed by atoms with van der Waals surface area (Å²) < 4.78 is 0. The molecule has 0 aromatic heterocycles. The van der Waals surface area contributed by atoms with Gasteiger partial charge in [-0.2, -0.15) is 0 Å². The predicted molar refractivity (Wildman–Crippen MR) is 330 cm³/mol. The van der Waals surface area contributed by atoms with Gasteiger partial charge in [0.15, 0.2) is 0 Å². The summed E-state index contributed by atoms with van der Waals surface area (Å²) in [5, 5.41) is 6.91. The van der Waals surface area contributed by atoms with Crippen LogP contribution in [0.3, 0.4) is 0 Å². The van der Waals surface area contributed by atoms with E-state index in [2.05, 4.69) is 337 Å². The van der Waals surface area contributed by atoms with Gasteiger partial charge < -0.3 is 9.80 Å². The van der Waals surface area contributed by atoms with E-state index in [0.717, 1.165) is 77.9 Å². The molecule has 12 aromatic carbocycles. The summed E-state index contributed by atoms with van der Waals surface area (Å²) in [7, 11) is 0. The average molecular weight is 971 g/mol. The molecular weight excluding hydrogens is 917 g/mol. The van der Waals surface area contributed by atoms with Crippen molar-refractivity contribution in [3.8, 4) is 0 Å². The van der Waals surface area contributed by atoms with Gasteiger partial charge in [-0.05, 0) is 116 Å². The third-order valence-electron chi connectivity index (χ3n) is 14.0. The second-order valence-electron chi connectivity index (χ2n) is 19.0. The predicted octanol–water partition coefficient (Wildman–Crippen LogP) is 20.8. The second-order valence-corrected chi connectivity index (χ2v) is 19.0. The van der Waals surface area contributed by atoms with Crippen LogP contribution in [0, 0.1) is 0 Å². The SMILES string of the molecule is C(=C\c1ccc(N(c2ccc(/C=C/c3ccccc3)cc2)c2c3ccccc3c(N(c3ccc(/C=C/c4ccccc4)cc3)c3ccc(/C=C/c4ccccc4)cc3)c3cc4ccccc4cc23)cc1)/c1ccccc1. The minimum absolute atomic E-state index is 1.06. The third kappa shape index (κ3) is 10.4. The van der Waals surface area contributed by atoms with Crippen LogP contribution in [-0.4, -0.2) is 0 Å². The van der Waals surface area contributed by atoms with Gasteiger partial charge in [0, 0.05) is 44.3 Å². The van der Waals surface area contributed by atoms with Crippen LogP contribution in [0.15, 0.2) is 279 Å². The van der Waals surface area contributed by atoms with Crippen LogP contribution in [0.25, 0.3) is 80.9 Å². The van der Waals surface area contributed by atoms with Gasteiger partial charge in [-0.1, -0.05) is 267 Å². The highest BCUT2D eigenvalue weighted by molar-refractivity contribution is 6.25. The van der Waals surface area contributed by atoms with Crippen LogP contribution in [0.5, 0.6) is 0 Å². The molecule has 0 aliphatic rings. The number of hydrogen-bond acceptors (Lipinski definition) is 2. The summed E-state index contributed by atoms with van der Waals surface area (Å²) in [5.41, 5.74) is 15.7. The first kappa shape index (κ1) is 47.0. The van der Waals surface area contributed by atoms with E-state index in [1.165, 1.54) is 33.0 Å². The van der Waals surface area contributed by atoms with Gasteiger partial charge in [0.2, 0.25) is 0 Å². The highest BCUT2D eigenvalue weighted by atomic mass is 15.2. The zero-order chi connectivity index (χ0) is 50.9. The molecule has 0 amide bonds. The fraction of sp³-hybridized carbons (Fsp3) is 0. The van der Waals surface area contributed by atoms with Crippen molar-refractivity contribution in [1.29, 1.82) is 0 Å². The quantitative estimate of drug-likeness (QED) is 0.0609. The fourth-order valence-corrected chi connectivity index (χ4v) is 10.1. The molecule has 0 aliphatic carbocycles. The van der Waals surface area contributed by atoms with Crippen LogP contribution in [-0.2, 0) is 0 Å². The van der Waals surface area contributed by atoms with E-state index in [0.29, 0.717) is 0 Å². The normalized spacial score (nSPS) is 11.7. The standard InChI is InChI=1S/C74H54N2/c1-5-17-55(18-6-1)29-33-59-37-45-65(46-38-59)75(66-47-39-60(40-48-66)34-30-56-19-7-2-8-20-56)73-69-27-15-16-28-70(69)74(72-54-64-26-14-13-25-63(64)53-71(72)73)76(67-49-41-61(42-50-67)35-31-57-21-9-3-10-22-57)68-51-43-62(44-52-68)36-32-58-23-11-4-12-24-58/h1-54H/b33-29+,34-30+,35-31+,36-32+. The van der Waals surface area contributed by atoms with Gasteiger partial charge >= 0.3 is 0 Å². The average Bonchev–Trinajstić information content (AvgIpc) is 3.56. The van der Waals surface area contributed by atoms with Gasteiger partial charge in [0.25, 0.3) is 0 Å². The summed E-state index contributed by atoms with van der Waals surface area (Å²) in [5.74, 6) is 0. The summed E-state index contributed by atoms with van der Waals surface area (Å²) in [6, 6.07) is 100. The molecule has 2 nitrogen and oxygen atoms in total. The van der Waals surface area contributed by atoms with Crippen LogP contribution in [0.4, 0.5) is 34.1 Å². The van der Waals surface area contributed by atoms with Crippen molar-refractivity contribution in [3.63, 3.8) is 0 Å². The first-order valence-corrected chi connectivity index (χ1v) is 26.0. The Kier molecular flexibility index (Phi) is 13.6. The van der Waals surface area contributed by atoms with Crippen molar-refractivity contribution >= 4 is 115 Å². The first-order chi connectivity index (χ1) is 37.7. The zero-order valence-corrected chi connectivity index (χ0v) is 42.1. The first-order valence-electron chi connectivity index (χ1n) is 26.0. The lowest BCUT2D eigenvalue weighted by Crippen LogP contribution is -2.14. The highest BCUT2D eigenvalue weighted by Gasteiger charge is 2.26. The molecule has 0 spiro atoms. The Hall–Kier alpha value is -10.0. The monoisotopic (exact) mass is 970 g/mol. The minimum Gasteiger partial charge on any atom is -0.309 e. The maximum absolute atomic E-state index is 2.46. The Morgan fingerprint density at radius 3 is 0.645 bits per heavy atom. The molecule has 12 rings (SSSR count). The lowest BCUT2D eigenvalue weighted by molar-refractivity contribution is 1.29. The van der Waals surface area contributed by atoms with Gasteiger partial charge in [0.05, 0.1) is 11.4 Å². The maximum atomic E-state index is 2.46. The molecule has 12 aromatic rings. The van der Waals surface area contributed by atoms with Gasteiger partial charge in [-0.15, -0.1) is 0 Å². The van der Waals surface area contributed by atoms with Gasteiger partial charge in [-0.3, -0.25) is 0 Å². The number of hydrogen-bond donors (Lipinski definition) is 0. The molecule has 0 aliphatic heterocycles. The summed E-state index contributed by atoms with van der Waals surface area (Å²) in [4.78, 5) is 4.93. The number of nitrogens with zero attached hydrogens (tertiary/aromatic N) is 2. The lowest BCUT2D eigenvalue weighted by Gasteiger charge is -2.33. The molecule has 76 heavy (non-hydrogen) atoms. The Bertz CT molecular complexity index is 3570. The Morgan fingerprint density at radius 1 is 0.184 bits per heavy atom. The fourth-order valence-electron chi connectivity index (χ4n) is 10.1.